The minimum Gasteiger partial charge on any atom is -0.375 e. The molecule has 0 bridgehead atoms. The van der Waals surface area contributed by atoms with Crippen LogP contribution in [0, 0.1) is 5.92 Å². The predicted octanol–water partition coefficient (Wildman–Crippen LogP) is 3.16. The van der Waals surface area contributed by atoms with Crippen molar-refractivity contribution in [1.82, 2.24) is 9.88 Å². The maximum atomic E-state index is 5.64. The molecule has 1 heterocycles. The van der Waals surface area contributed by atoms with Crippen LogP contribution < -0.4 is 5.73 Å². The lowest BCUT2D eigenvalue weighted by atomic mass is 9.86. The third-order valence-corrected chi connectivity index (χ3v) is 4.32. The average molecular weight is 276 g/mol. The van der Waals surface area contributed by atoms with Crippen LogP contribution in [0.2, 0.25) is 0 Å². The molecule has 0 aromatic carbocycles. The third-order valence-electron chi connectivity index (χ3n) is 3.51. The zero-order valence-corrected chi connectivity index (χ0v) is 12.2. The lowest BCUT2D eigenvalue weighted by molar-refractivity contribution is 0.159. The third kappa shape index (κ3) is 4.12. The van der Waals surface area contributed by atoms with Crippen LogP contribution in [0.3, 0.4) is 0 Å². The number of hydrogen-bond donors (Lipinski definition) is 1. The molecule has 0 radical (unpaired) electrons. The second kappa shape index (κ2) is 6.57. The number of nitrogen functional groups attached to an aromatic ring is 1. The highest BCUT2D eigenvalue weighted by Gasteiger charge is 2.22. The lowest BCUT2D eigenvalue weighted by Crippen LogP contribution is -2.34. The Morgan fingerprint density at radius 2 is 2.29 bits per heavy atom. The van der Waals surface area contributed by atoms with Gasteiger partial charge < -0.3 is 5.73 Å². The Labute approximate surface area is 114 Å². The van der Waals surface area contributed by atoms with E-state index in [9.17, 15) is 0 Å². The highest BCUT2D eigenvalue weighted by Crippen LogP contribution is 2.28. The predicted molar refractivity (Wildman–Crippen MR) is 76.7 cm³/mol. The number of nitrogens with two attached hydrogens (primary N) is 1. The molecule has 0 spiro atoms. The molecule has 0 amide bonds. The number of thiazole rings is 1. The van der Waals surface area contributed by atoms with Gasteiger partial charge in [0, 0.05) is 23.7 Å². The van der Waals surface area contributed by atoms with Crippen LogP contribution in [0.1, 0.15) is 37.5 Å². The van der Waals surface area contributed by atoms with Crippen molar-refractivity contribution in [2.45, 2.75) is 45.2 Å². The summed E-state index contributed by atoms with van der Waals surface area (Å²) in [6.07, 6.45) is 7.36. The van der Waals surface area contributed by atoms with E-state index >= 15 is 0 Å². The summed E-state index contributed by atoms with van der Waals surface area (Å²) >= 11 is 1.61. The van der Waals surface area contributed by atoms with Crippen LogP contribution in [-0.2, 0) is 6.54 Å². The zero-order chi connectivity index (χ0) is 11.5. The van der Waals surface area contributed by atoms with E-state index in [0.717, 1.165) is 18.5 Å². The van der Waals surface area contributed by atoms with Crippen molar-refractivity contribution < 1.29 is 0 Å². The van der Waals surface area contributed by atoms with Crippen molar-refractivity contribution >= 4 is 28.9 Å². The van der Waals surface area contributed by atoms with Gasteiger partial charge in [0.15, 0.2) is 5.13 Å². The minimum atomic E-state index is 0. The van der Waals surface area contributed by atoms with Gasteiger partial charge in [-0.05, 0) is 25.8 Å². The number of anilines is 1. The maximum absolute atomic E-state index is 5.64. The van der Waals surface area contributed by atoms with E-state index in [1.54, 1.807) is 11.3 Å². The standard InChI is InChI=1S/C12H21N3S.ClH/c1-9-4-3-5-10(6-9)15(2)8-11-7-14-12(13)16-11;/h7,9-10H,3-6,8H2,1-2H3,(H2,13,14);1H. The van der Waals surface area contributed by atoms with Gasteiger partial charge in [0.2, 0.25) is 0 Å². The second-order valence-corrected chi connectivity index (χ2v) is 6.15. The zero-order valence-electron chi connectivity index (χ0n) is 10.6. The summed E-state index contributed by atoms with van der Waals surface area (Å²) in [5.74, 6) is 0.882. The molecule has 17 heavy (non-hydrogen) atoms. The Balaban J connectivity index is 0.00000144. The topological polar surface area (TPSA) is 42.2 Å². The summed E-state index contributed by atoms with van der Waals surface area (Å²) in [4.78, 5) is 7.84. The molecule has 2 unspecified atom stereocenters. The molecular weight excluding hydrogens is 254 g/mol. The molecule has 2 atom stereocenters. The summed E-state index contributed by atoms with van der Waals surface area (Å²) in [6.45, 7) is 3.36. The number of nitrogens with zero attached hydrogens (tertiary/aromatic N) is 2. The summed E-state index contributed by atoms with van der Waals surface area (Å²) in [6, 6.07) is 0.743. The molecule has 1 fully saturated rings. The molecule has 1 aliphatic carbocycles. The average Bonchev–Trinajstić information content (AvgIpc) is 2.64. The van der Waals surface area contributed by atoms with Crippen LogP contribution in [0.15, 0.2) is 6.20 Å². The van der Waals surface area contributed by atoms with Crippen LogP contribution in [0.5, 0.6) is 0 Å². The van der Waals surface area contributed by atoms with Gasteiger partial charge in [0.05, 0.1) is 0 Å². The van der Waals surface area contributed by atoms with E-state index in [4.69, 9.17) is 5.73 Å². The van der Waals surface area contributed by atoms with Gasteiger partial charge >= 0.3 is 0 Å². The van der Waals surface area contributed by atoms with Crippen molar-refractivity contribution in [2.24, 2.45) is 5.92 Å². The van der Waals surface area contributed by atoms with Crippen molar-refractivity contribution in [3.8, 4) is 0 Å². The van der Waals surface area contributed by atoms with Crippen molar-refractivity contribution in [3.63, 3.8) is 0 Å². The van der Waals surface area contributed by atoms with E-state index in [1.165, 1.54) is 30.6 Å². The first-order valence-electron chi connectivity index (χ1n) is 6.05. The van der Waals surface area contributed by atoms with Crippen molar-refractivity contribution in [3.05, 3.63) is 11.1 Å². The van der Waals surface area contributed by atoms with Crippen molar-refractivity contribution in [2.75, 3.05) is 12.8 Å². The first-order chi connectivity index (χ1) is 7.65. The van der Waals surface area contributed by atoms with Crippen molar-refractivity contribution in [1.29, 1.82) is 0 Å². The van der Waals surface area contributed by atoms with Gasteiger partial charge in [-0.25, -0.2) is 4.98 Å². The van der Waals surface area contributed by atoms with Gasteiger partial charge in [0.25, 0.3) is 0 Å². The summed E-state index contributed by atoms with van der Waals surface area (Å²) in [5.41, 5.74) is 5.64. The fourth-order valence-electron chi connectivity index (χ4n) is 2.57. The first kappa shape index (κ1) is 14.7. The molecule has 1 aromatic heterocycles. The number of aromatic nitrogens is 1. The number of halogens is 1. The Morgan fingerprint density at radius 1 is 1.53 bits per heavy atom. The Hall–Kier alpha value is -0.320. The molecule has 1 saturated carbocycles. The van der Waals surface area contributed by atoms with Gasteiger partial charge in [-0.1, -0.05) is 19.8 Å². The molecule has 5 heteroatoms. The Kier molecular flexibility index (Phi) is 5.70. The van der Waals surface area contributed by atoms with E-state index in [1.807, 2.05) is 6.20 Å². The SMILES string of the molecule is CC1CCCC(N(C)Cc2cnc(N)s2)C1.Cl. The molecule has 2 N–H and O–H groups in total. The number of rotatable bonds is 3. The van der Waals surface area contributed by atoms with Crippen LogP contribution in [-0.4, -0.2) is 23.0 Å². The molecule has 1 aliphatic rings. The summed E-state index contributed by atoms with van der Waals surface area (Å²) < 4.78 is 0. The Morgan fingerprint density at radius 3 is 2.88 bits per heavy atom. The first-order valence-corrected chi connectivity index (χ1v) is 6.87. The normalized spacial score (nSPS) is 24.6. The van der Waals surface area contributed by atoms with Gasteiger partial charge in [-0.2, -0.15) is 0 Å². The van der Waals surface area contributed by atoms with Gasteiger partial charge in [0.1, 0.15) is 0 Å². The van der Waals surface area contributed by atoms with Crippen LogP contribution in [0.4, 0.5) is 5.13 Å². The summed E-state index contributed by atoms with van der Waals surface area (Å²) in [5, 5.41) is 0.681. The summed E-state index contributed by atoms with van der Waals surface area (Å²) in [7, 11) is 2.22. The monoisotopic (exact) mass is 275 g/mol. The van der Waals surface area contributed by atoms with Crippen LogP contribution in [0.25, 0.3) is 0 Å². The minimum absolute atomic E-state index is 0. The van der Waals surface area contributed by atoms with E-state index in [2.05, 4.69) is 23.9 Å². The smallest absolute Gasteiger partial charge is 0.180 e. The molecular formula is C12H22ClN3S. The fourth-order valence-corrected chi connectivity index (χ4v) is 3.32. The molecule has 0 aliphatic heterocycles. The van der Waals surface area contributed by atoms with Crippen LogP contribution >= 0.6 is 23.7 Å². The lowest BCUT2D eigenvalue weighted by Gasteiger charge is -2.33. The van der Waals surface area contributed by atoms with E-state index in [0.29, 0.717) is 5.13 Å². The molecule has 98 valence electrons. The Bertz CT molecular complexity index is 342. The molecule has 0 saturated heterocycles. The highest BCUT2D eigenvalue weighted by atomic mass is 35.5. The second-order valence-electron chi connectivity index (χ2n) is 5.01. The molecule has 2 rings (SSSR count). The largest absolute Gasteiger partial charge is 0.375 e. The molecule has 3 nitrogen and oxygen atoms in total. The quantitative estimate of drug-likeness (QED) is 0.921. The highest BCUT2D eigenvalue weighted by molar-refractivity contribution is 7.15. The van der Waals surface area contributed by atoms with E-state index in [-0.39, 0.29) is 12.4 Å². The van der Waals surface area contributed by atoms with Gasteiger partial charge in [-0.15, -0.1) is 23.7 Å². The number of hydrogen-bond acceptors (Lipinski definition) is 4. The van der Waals surface area contributed by atoms with Gasteiger partial charge in [-0.3, -0.25) is 4.90 Å². The molecule has 1 aromatic rings. The maximum Gasteiger partial charge on any atom is 0.180 e. The van der Waals surface area contributed by atoms with E-state index < -0.39 is 0 Å². The fraction of sp³-hybridized carbons (Fsp3) is 0.750.